The van der Waals surface area contributed by atoms with E-state index in [1.54, 1.807) is 29.6 Å². The van der Waals surface area contributed by atoms with Crippen molar-refractivity contribution in [1.82, 2.24) is 10.3 Å². The van der Waals surface area contributed by atoms with Gasteiger partial charge < -0.3 is 16.4 Å². The molecule has 2 aromatic rings. The lowest BCUT2D eigenvalue weighted by Gasteiger charge is -2.06. The molecule has 0 spiro atoms. The van der Waals surface area contributed by atoms with E-state index in [2.05, 4.69) is 15.6 Å². The molecule has 0 aliphatic heterocycles. The lowest BCUT2D eigenvalue weighted by atomic mass is 10.2. The molecule has 1 saturated carbocycles. The van der Waals surface area contributed by atoms with Crippen molar-refractivity contribution in [2.24, 2.45) is 5.73 Å². The van der Waals surface area contributed by atoms with Gasteiger partial charge in [-0.15, -0.1) is 23.7 Å². The second-order valence-electron chi connectivity index (χ2n) is 5.11. The topological polar surface area (TPSA) is 97.1 Å². The minimum atomic E-state index is -0.286. The molecule has 23 heavy (non-hydrogen) atoms. The van der Waals surface area contributed by atoms with E-state index in [1.807, 2.05) is 0 Å². The molecule has 0 saturated heterocycles. The second kappa shape index (κ2) is 7.54. The fourth-order valence-electron chi connectivity index (χ4n) is 1.91. The Morgan fingerprint density at radius 2 is 1.91 bits per heavy atom. The molecule has 6 nitrogen and oxygen atoms in total. The van der Waals surface area contributed by atoms with Gasteiger partial charge in [0.2, 0.25) is 0 Å². The van der Waals surface area contributed by atoms with Gasteiger partial charge >= 0.3 is 0 Å². The molecule has 1 aliphatic carbocycles. The minimum Gasteiger partial charge on any atom is -0.349 e. The summed E-state index contributed by atoms with van der Waals surface area (Å²) in [6, 6.07) is 7.12. The van der Waals surface area contributed by atoms with E-state index in [1.165, 1.54) is 11.3 Å². The predicted octanol–water partition coefficient (Wildman–Crippen LogP) is 2.17. The molecule has 3 rings (SSSR count). The normalized spacial score (nSPS) is 13.1. The quantitative estimate of drug-likeness (QED) is 0.768. The number of aromatic nitrogens is 1. The standard InChI is InChI=1S/C15H16N4O2S.ClH/c16-7-13-19-12(8-22-13)15(21)18-10-3-1-9(2-4-10)14(20)17-11-5-6-11;/h1-4,8,11H,5-7,16H2,(H,17,20)(H,18,21);1H. The fourth-order valence-corrected chi connectivity index (χ4v) is 2.56. The van der Waals surface area contributed by atoms with Gasteiger partial charge in [0, 0.05) is 29.2 Å². The van der Waals surface area contributed by atoms with Crippen molar-refractivity contribution in [3.63, 3.8) is 0 Å². The number of hydrogen-bond acceptors (Lipinski definition) is 5. The van der Waals surface area contributed by atoms with E-state index in [4.69, 9.17) is 5.73 Å². The van der Waals surface area contributed by atoms with Crippen LogP contribution in [0, 0.1) is 0 Å². The van der Waals surface area contributed by atoms with Crippen molar-refractivity contribution >= 4 is 41.2 Å². The molecular weight excluding hydrogens is 336 g/mol. The van der Waals surface area contributed by atoms with E-state index in [-0.39, 0.29) is 24.2 Å². The van der Waals surface area contributed by atoms with Gasteiger partial charge in [0.15, 0.2) is 0 Å². The van der Waals surface area contributed by atoms with Crippen LogP contribution >= 0.6 is 23.7 Å². The molecule has 1 aromatic carbocycles. The first-order valence-corrected chi connectivity index (χ1v) is 7.90. The molecule has 122 valence electrons. The SMILES string of the molecule is Cl.NCc1nc(C(=O)Nc2ccc(C(=O)NC3CC3)cc2)cs1. The highest BCUT2D eigenvalue weighted by atomic mass is 35.5. The maximum Gasteiger partial charge on any atom is 0.275 e. The number of hydrogen-bond donors (Lipinski definition) is 3. The molecule has 4 N–H and O–H groups in total. The summed E-state index contributed by atoms with van der Waals surface area (Å²) in [6.07, 6.45) is 2.11. The third-order valence-electron chi connectivity index (χ3n) is 3.28. The van der Waals surface area contributed by atoms with Crippen LogP contribution in [-0.4, -0.2) is 22.8 Å². The van der Waals surface area contributed by atoms with Gasteiger partial charge in [0.1, 0.15) is 10.7 Å². The number of benzene rings is 1. The van der Waals surface area contributed by atoms with E-state index < -0.39 is 0 Å². The lowest BCUT2D eigenvalue weighted by molar-refractivity contribution is 0.0950. The van der Waals surface area contributed by atoms with Gasteiger partial charge in [-0.25, -0.2) is 4.98 Å². The van der Waals surface area contributed by atoms with E-state index in [9.17, 15) is 9.59 Å². The van der Waals surface area contributed by atoms with E-state index >= 15 is 0 Å². The lowest BCUT2D eigenvalue weighted by Crippen LogP contribution is -2.25. The van der Waals surface area contributed by atoms with Crippen LogP contribution in [0.15, 0.2) is 29.6 Å². The Morgan fingerprint density at radius 3 is 2.48 bits per heavy atom. The number of anilines is 1. The Labute approximate surface area is 143 Å². The maximum absolute atomic E-state index is 12.0. The van der Waals surface area contributed by atoms with Crippen molar-refractivity contribution in [3.8, 4) is 0 Å². The number of amides is 2. The zero-order chi connectivity index (χ0) is 15.5. The number of carbonyl (C=O) groups is 2. The van der Waals surface area contributed by atoms with Crippen LogP contribution in [0.5, 0.6) is 0 Å². The Bertz CT molecular complexity index is 698. The smallest absolute Gasteiger partial charge is 0.275 e. The highest BCUT2D eigenvalue weighted by Crippen LogP contribution is 2.20. The molecule has 0 unspecified atom stereocenters. The first-order valence-electron chi connectivity index (χ1n) is 7.02. The van der Waals surface area contributed by atoms with Crippen LogP contribution in [0.4, 0.5) is 5.69 Å². The third-order valence-corrected chi connectivity index (χ3v) is 4.15. The predicted molar refractivity (Wildman–Crippen MR) is 92.1 cm³/mol. The number of nitrogens with two attached hydrogens (primary N) is 1. The minimum absolute atomic E-state index is 0. The molecule has 1 aromatic heterocycles. The van der Waals surface area contributed by atoms with Crippen molar-refractivity contribution in [2.75, 3.05) is 5.32 Å². The maximum atomic E-state index is 12.0. The Balaban J connectivity index is 0.00000192. The van der Waals surface area contributed by atoms with Crippen LogP contribution in [0.2, 0.25) is 0 Å². The summed E-state index contributed by atoms with van der Waals surface area (Å²) >= 11 is 1.36. The number of halogens is 1. The van der Waals surface area contributed by atoms with Crippen LogP contribution in [0.3, 0.4) is 0 Å². The van der Waals surface area contributed by atoms with Crippen LogP contribution in [0.25, 0.3) is 0 Å². The number of carbonyl (C=O) groups excluding carboxylic acids is 2. The summed E-state index contributed by atoms with van der Waals surface area (Å²) in [5.74, 6) is -0.362. The monoisotopic (exact) mass is 352 g/mol. The van der Waals surface area contributed by atoms with E-state index in [0.29, 0.717) is 29.5 Å². The number of thiazole rings is 1. The first-order chi connectivity index (χ1) is 10.7. The van der Waals surface area contributed by atoms with Crippen LogP contribution in [-0.2, 0) is 6.54 Å². The summed E-state index contributed by atoms with van der Waals surface area (Å²) in [4.78, 5) is 28.0. The average molecular weight is 353 g/mol. The average Bonchev–Trinajstić information content (AvgIpc) is 3.20. The van der Waals surface area contributed by atoms with Crippen molar-refractivity contribution in [3.05, 3.63) is 45.9 Å². The number of rotatable bonds is 5. The van der Waals surface area contributed by atoms with Crippen LogP contribution < -0.4 is 16.4 Å². The van der Waals surface area contributed by atoms with Gasteiger partial charge in [0.05, 0.1) is 0 Å². The van der Waals surface area contributed by atoms with Crippen molar-refractivity contribution in [2.45, 2.75) is 25.4 Å². The molecule has 8 heteroatoms. The zero-order valence-electron chi connectivity index (χ0n) is 12.2. The van der Waals surface area contributed by atoms with Gasteiger partial charge in [-0.1, -0.05) is 0 Å². The summed E-state index contributed by atoms with van der Waals surface area (Å²) < 4.78 is 0. The first kappa shape index (κ1) is 17.4. The molecule has 2 amide bonds. The highest BCUT2D eigenvalue weighted by Gasteiger charge is 2.23. The third kappa shape index (κ3) is 4.51. The molecule has 0 bridgehead atoms. The van der Waals surface area contributed by atoms with Gasteiger partial charge in [0.25, 0.3) is 11.8 Å². The summed E-state index contributed by atoms with van der Waals surface area (Å²) in [5, 5.41) is 8.06. The van der Waals surface area contributed by atoms with Crippen molar-refractivity contribution in [1.29, 1.82) is 0 Å². The zero-order valence-corrected chi connectivity index (χ0v) is 13.9. The molecule has 0 radical (unpaired) electrons. The van der Waals surface area contributed by atoms with Gasteiger partial charge in [-0.3, -0.25) is 9.59 Å². The summed E-state index contributed by atoms with van der Waals surface area (Å²) in [6.45, 7) is 0.322. The molecule has 1 aliphatic rings. The number of nitrogens with zero attached hydrogens (tertiary/aromatic N) is 1. The molecular formula is C15H17ClN4O2S. The highest BCUT2D eigenvalue weighted by molar-refractivity contribution is 7.09. The van der Waals surface area contributed by atoms with E-state index in [0.717, 1.165) is 17.8 Å². The molecule has 1 heterocycles. The van der Waals surface area contributed by atoms with Gasteiger partial charge in [-0.2, -0.15) is 0 Å². The van der Waals surface area contributed by atoms with Crippen molar-refractivity contribution < 1.29 is 9.59 Å². The Kier molecular flexibility index (Phi) is 5.70. The Hall–Kier alpha value is -1.96. The molecule has 0 atom stereocenters. The molecule has 1 fully saturated rings. The summed E-state index contributed by atoms with van der Waals surface area (Å²) in [5.41, 5.74) is 7.03. The fraction of sp³-hybridized carbons (Fsp3) is 0.267. The van der Waals surface area contributed by atoms with Crippen LogP contribution in [0.1, 0.15) is 38.7 Å². The second-order valence-corrected chi connectivity index (χ2v) is 6.05. The number of nitrogens with one attached hydrogen (secondary N) is 2. The Morgan fingerprint density at radius 1 is 1.22 bits per heavy atom. The van der Waals surface area contributed by atoms with Gasteiger partial charge in [-0.05, 0) is 37.1 Å². The summed E-state index contributed by atoms with van der Waals surface area (Å²) in [7, 11) is 0. The largest absolute Gasteiger partial charge is 0.349 e.